The number of anilines is 2. The lowest BCUT2D eigenvalue weighted by Crippen LogP contribution is -2.19. The molecule has 19 heavy (non-hydrogen) atoms. The van der Waals surface area contributed by atoms with Crippen molar-refractivity contribution in [1.82, 2.24) is 4.98 Å². The lowest BCUT2D eigenvalue weighted by molar-refractivity contribution is 0.832. The third-order valence-corrected chi connectivity index (χ3v) is 4.01. The fourth-order valence-corrected chi connectivity index (χ4v) is 2.86. The molecule has 1 aromatic carbocycles. The first-order chi connectivity index (χ1) is 9.16. The number of aryl methyl sites for hydroxylation is 1. The normalized spacial score (nSPS) is 13.7. The smallest absolute Gasteiger partial charge is 0.0444 e. The Morgan fingerprint density at radius 2 is 2.21 bits per heavy atom. The van der Waals surface area contributed by atoms with E-state index < -0.39 is 0 Å². The Kier molecular flexibility index (Phi) is 2.90. The molecule has 3 rings (SSSR count). The molecule has 0 amide bonds. The molecule has 2 N–H and O–H groups in total. The second kappa shape index (κ2) is 4.57. The van der Waals surface area contributed by atoms with Crippen molar-refractivity contribution in [1.29, 1.82) is 0 Å². The quantitative estimate of drug-likeness (QED) is 0.837. The number of fused-ring (bicyclic) bond motifs is 1. The van der Waals surface area contributed by atoms with E-state index in [2.05, 4.69) is 35.9 Å². The van der Waals surface area contributed by atoms with Gasteiger partial charge in [0, 0.05) is 36.9 Å². The Balaban J connectivity index is 1.94. The van der Waals surface area contributed by atoms with Gasteiger partial charge in [-0.1, -0.05) is 6.07 Å². The Morgan fingerprint density at radius 3 is 2.95 bits per heavy atom. The van der Waals surface area contributed by atoms with E-state index in [4.69, 9.17) is 5.73 Å². The highest BCUT2D eigenvalue weighted by atomic mass is 15.1. The molecule has 0 atom stereocenters. The van der Waals surface area contributed by atoms with Gasteiger partial charge < -0.3 is 10.6 Å². The second-order valence-electron chi connectivity index (χ2n) is 5.26. The van der Waals surface area contributed by atoms with E-state index in [0.29, 0.717) is 0 Å². The standard InChI is InChI=1S/C16H19N3/c1-11-8-15-14(12(2)16(11)17)5-7-19(15)10-13-4-3-6-18-9-13/h3-4,6,8-9H,5,7,10,17H2,1-2H3. The van der Waals surface area contributed by atoms with Crippen LogP contribution in [0.4, 0.5) is 11.4 Å². The molecule has 3 nitrogen and oxygen atoms in total. The largest absolute Gasteiger partial charge is 0.398 e. The van der Waals surface area contributed by atoms with Crippen molar-refractivity contribution in [2.45, 2.75) is 26.8 Å². The average molecular weight is 253 g/mol. The summed E-state index contributed by atoms with van der Waals surface area (Å²) in [7, 11) is 0. The van der Waals surface area contributed by atoms with Gasteiger partial charge in [-0.15, -0.1) is 0 Å². The van der Waals surface area contributed by atoms with E-state index in [1.807, 2.05) is 18.5 Å². The zero-order valence-corrected chi connectivity index (χ0v) is 11.5. The van der Waals surface area contributed by atoms with E-state index in [1.165, 1.54) is 27.9 Å². The summed E-state index contributed by atoms with van der Waals surface area (Å²) in [5.74, 6) is 0. The van der Waals surface area contributed by atoms with Crippen LogP contribution >= 0.6 is 0 Å². The lowest BCUT2D eigenvalue weighted by Gasteiger charge is -2.21. The molecular weight excluding hydrogens is 234 g/mol. The minimum atomic E-state index is 0.920. The van der Waals surface area contributed by atoms with Crippen molar-refractivity contribution in [3.63, 3.8) is 0 Å². The molecule has 0 fully saturated rings. The molecule has 0 saturated heterocycles. The summed E-state index contributed by atoms with van der Waals surface area (Å²) in [6.07, 6.45) is 4.84. The topological polar surface area (TPSA) is 42.1 Å². The van der Waals surface area contributed by atoms with E-state index >= 15 is 0 Å². The molecule has 1 aliphatic rings. The molecule has 1 aromatic heterocycles. The minimum absolute atomic E-state index is 0.920. The van der Waals surface area contributed by atoms with Crippen LogP contribution in [-0.2, 0) is 13.0 Å². The number of nitrogens with two attached hydrogens (primary N) is 1. The molecule has 0 unspecified atom stereocenters. The number of benzene rings is 1. The third-order valence-electron chi connectivity index (χ3n) is 4.01. The van der Waals surface area contributed by atoms with Crippen LogP contribution in [0.3, 0.4) is 0 Å². The average Bonchev–Trinajstić information content (AvgIpc) is 2.81. The van der Waals surface area contributed by atoms with Crippen molar-refractivity contribution in [2.24, 2.45) is 0 Å². The van der Waals surface area contributed by atoms with Crippen LogP contribution in [0, 0.1) is 13.8 Å². The van der Waals surface area contributed by atoms with Gasteiger partial charge in [-0.25, -0.2) is 0 Å². The van der Waals surface area contributed by atoms with E-state index in [-0.39, 0.29) is 0 Å². The number of hydrogen-bond donors (Lipinski definition) is 1. The van der Waals surface area contributed by atoms with Gasteiger partial charge >= 0.3 is 0 Å². The van der Waals surface area contributed by atoms with E-state index in [9.17, 15) is 0 Å². The summed E-state index contributed by atoms with van der Waals surface area (Å²) >= 11 is 0. The van der Waals surface area contributed by atoms with E-state index in [1.54, 1.807) is 0 Å². The monoisotopic (exact) mass is 253 g/mol. The maximum atomic E-state index is 6.12. The van der Waals surface area contributed by atoms with Crippen LogP contribution in [0.1, 0.15) is 22.3 Å². The van der Waals surface area contributed by atoms with Gasteiger partial charge in [0.05, 0.1) is 0 Å². The third kappa shape index (κ3) is 2.05. The zero-order valence-electron chi connectivity index (χ0n) is 11.5. The summed E-state index contributed by atoms with van der Waals surface area (Å²) in [5.41, 5.74) is 13.5. The maximum Gasteiger partial charge on any atom is 0.0444 e. The summed E-state index contributed by atoms with van der Waals surface area (Å²) in [4.78, 5) is 6.61. The SMILES string of the molecule is Cc1cc2c(c(C)c1N)CCN2Cc1cccnc1. The molecule has 2 aromatic rings. The number of aromatic nitrogens is 1. The Morgan fingerprint density at radius 1 is 1.37 bits per heavy atom. The molecule has 2 heterocycles. The van der Waals surface area contributed by atoms with Gasteiger partial charge in [0.2, 0.25) is 0 Å². The summed E-state index contributed by atoms with van der Waals surface area (Å²) in [5, 5.41) is 0. The summed E-state index contributed by atoms with van der Waals surface area (Å²) in [6.45, 7) is 6.20. The predicted molar refractivity (Wildman–Crippen MR) is 79.3 cm³/mol. The highest BCUT2D eigenvalue weighted by Gasteiger charge is 2.22. The van der Waals surface area contributed by atoms with Gasteiger partial charge in [-0.3, -0.25) is 4.98 Å². The fraction of sp³-hybridized carbons (Fsp3) is 0.312. The number of nitrogens with zero attached hydrogens (tertiary/aromatic N) is 2. The number of pyridine rings is 1. The highest BCUT2D eigenvalue weighted by Crippen LogP contribution is 2.36. The van der Waals surface area contributed by atoms with Crippen LogP contribution < -0.4 is 10.6 Å². The van der Waals surface area contributed by atoms with Gasteiger partial charge in [0.15, 0.2) is 0 Å². The second-order valence-corrected chi connectivity index (χ2v) is 5.26. The van der Waals surface area contributed by atoms with Gasteiger partial charge in [-0.2, -0.15) is 0 Å². The molecule has 3 heteroatoms. The molecule has 0 spiro atoms. The summed E-state index contributed by atoms with van der Waals surface area (Å²) < 4.78 is 0. The molecular formula is C16H19N3. The van der Waals surface area contributed by atoms with Crippen molar-refractivity contribution in [3.05, 3.63) is 52.8 Å². The zero-order chi connectivity index (χ0) is 13.4. The molecule has 1 aliphatic heterocycles. The van der Waals surface area contributed by atoms with Crippen LogP contribution in [0.15, 0.2) is 30.6 Å². The first kappa shape index (κ1) is 12.0. The molecule has 0 radical (unpaired) electrons. The summed E-state index contributed by atoms with van der Waals surface area (Å²) in [6, 6.07) is 6.34. The first-order valence-corrected chi connectivity index (χ1v) is 6.69. The van der Waals surface area contributed by atoms with Crippen molar-refractivity contribution < 1.29 is 0 Å². The Bertz CT molecular complexity index is 605. The number of rotatable bonds is 2. The molecule has 98 valence electrons. The van der Waals surface area contributed by atoms with Crippen LogP contribution in [0.2, 0.25) is 0 Å². The minimum Gasteiger partial charge on any atom is -0.398 e. The van der Waals surface area contributed by atoms with Crippen molar-refractivity contribution >= 4 is 11.4 Å². The number of nitrogen functional groups attached to an aromatic ring is 1. The van der Waals surface area contributed by atoms with E-state index in [0.717, 1.165) is 25.2 Å². The van der Waals surface area contributed by atoms with Crippen LogP contribution in [0.5, 0.6) is 0 Å². The van der Waals surface area contributed by atoms with Crippen LogP contribution in [-0.4, -0.2) is 11.5 Å². The number of hydrogen-bond acceptors (Lipinski definition) is 3. The lowest BCUT2D eigenvalue weighted by atomic mass is 10.0. The predicted octanol–water partition coefficient (Wildman–Crippen LogP) is 2.84. The Hall–Kier alpha value is -2.03. The molecule has 0 aliphatic carbocycles. The molecule has 0 saturated carbocycles. The molecule has 0 bridgehead atoms. The van der Waals surface area contributed by atoms with Gasteiger partial charge in [0.1, 0.15) is 0 Å². The van der Waals surface area contributed by atoms with Crippen molar-refractivity contribution in [3.8, 4) is 0 Å². The Labute approximate surface area is 114 Å². The highest BCUT2D eigenvalue weighted by molar-refractivity contribution is 5.70. The fourth-order valence-electron chi connectivity index (χ4n) is 2.86. The van der Waals surface area contributed by atoms with Gasteiger partial charge in [-0.05, 0) is 54.7 Å². The van der Waals surface area contributed by atoms with Crippen molar-refractivity contribution in [2.75, 3.05) is 17.2 Å². The van der Waals surface area contributed by atoms with Gasteiger partial charge in [0.25, 0.3) is 0 Å². The maximum absolute atomic E-state index is 6.12. The van der Waals surface area contributed by atoms with Crippen LogP contribution in [0.25, 0.3) is 0 Å². The first-order valence-electron chi connectivity index (χ1n) is 6.69.